The van der Waals surface area contributed by atoms with Crippen LogP contribution in [-0.2, 0) is 0 Å². The fourth-order valence-electron chi connectivity index (χ4n) is 2.42. The standard InChI is InChI=1S/C18H17NO4.BrH/c1-19(2)12-6-4-11(5-7-12)16-10-14(20)13-8-9-15(22-3)17(21)18(13)23-16;/h4-10,21H,1-3H3;1H. The Balaban J connectivity index is 0.00000208. The van der Waals surface area contributed by atoms with Gasteiger partial charge in [0.15, 0.2) is 16.8 Å². The maximum atomic E-state index is 12.3. The Kier molecular flexibility index (Phi) is 5.19. The van der Waals surface area contributed by atoms with Crippen LogP contribution in [0.15, 0.2) is 51.7 Å². The number of anilines is 1. The van der Waals surface area contributed by atoms with E-state index in [9.17, 15) is 9.90 Å². The highest BCUT2D eigenvalue weighted by Gasteiger charge is 2.14. The van der Waals surface area contributed by atoms with Gasteiger partial charge < -0.3 is 19.2 Å². The molecule has 0 atom stereocenters. The van der Waals surface area contributed by atoms with E-state index in [0.29, 0.717) is 11.1 Å². The summed E-state index contributed by atoms with van der Waals surface area (Å²) in [4.78, 5) is 14.3. The van der Waals surface area contributed by atoms with Crippen LogP contribution in [0, 0.1) is 0 Å². The van der Waals surface area contributed by atoms with Crippen LogP contribution in [0.4, 0.5) is 5.69 Å². The summed E-state index contributed by atoms with van der Waals surface area (Å²) in [5.41, 5.74) is 1.72. The molecule has 6 heteroatoms. The van der Waals surface area contributed by atoms with Crippen molar-refractivity contribution in [1.82, 2.24) is 0 Å². The average Bonchev–Trinajstić information content (AvgIpc) is 2.55. The topological polar surface area (TPSA) is 62.9 Å². The van der Waals surface area contributed by atoms with Crippen molar-refractivity contribution in [1.29, 1.82) is 0 Å². The first-order valence-corrected chi connectivity index (χ1v) is 7.13. The lowest BCUT2D eigenvalue weighted by Gasteiger charge is -2.12. The van der Waals surface area contributed by atoms with Crippen LogP contribution in [0.25, 0.3) is 22.3 Å². The van der Waals surface area contributed by atoms with Crippen molar-refractivity contribution in [3.05, 3.63) is 52.7 Å². The number of benzene rings is 2. The summed E-state index contributed by atoms with van der Waals surface area (Å²) in [5.74, 6) is 0.492. The Morgan fingerprint density at radius 1 is 1.08 bits per heavy atom. The van der Waals surface area contributed by atoms with Gasteiger partial charge in [0.05, 0.1) is 12.5 Å². The molecule has 0 aliphatic carbocycles. The predicted octanol–water partition coefficient (Wildman–Crippen LogP) is 3.82. The molecule has 3 rings (SSSR count). The summed E-state index contributed by atoms with van der Waals surface area (Å²) in [6, 6.07) is 12.2. The monoisotopic (exact) mass is 391 g/mol. The number of phenols is 1. The first-order chi connectivity index (χ1) is 11.0. The van der Waals surface area contributed by atoms with Gasteiger partial charge in [-0.05, 0) is 36.4 Å². The number of methoxy groups -OCH3 is 1. The molecule has 2 aromatic carbocycles. The predicted molar refractivity (Wildman–Crippen MR) is 101 cm³/mol. The molecule has 5 nitrogen and oxygen atoms in total. The number of hydrogen-bond donors (Lipinski definition) is 1. The van der Waals surface area contributed by atoms with Gasteiger partial charge in [-0.25, -0.2) is 0 Å². The van der Waals surface area contributed by atoms with E-state index in [4.69, 9.17) is 9.15 Å². The minimum atomic E-state index is -0.212. The van der Waals surface area contributed by atoms with Gasteiger partial charge in [-0.3, -0.25) is 4.79 Å². The molecule has 1 N–H and O–H groups in total. The molecule has 0 aliphatic rings. The van der Waals surface area contributed by atoms with Crippen molar-refractivity contribution in [3.63, 3.8) is 0 Å². The number of fused-ring (bicyclic) bond motifs is 1. The lowest BCUT2D eigenvalue weighted by molar-refractivity contribution is 0.371. The molecule has 0 unspecified atom stereocenters. The smallest absolute Gasteiger partial charge is 0.202 e. The van der Waals surface area contributed by atoms with E-state index in [1.807, 2.05) is 43.3 Å². The summed E-state index contributed by atoms with van der Waals surface area (Å²) >= 11 is 0. The zero-order valence-electron chi connectivity index (χ0n) is 13.6. The Labute approximate surface area is 149 Å². The molecular weight excluding hydrogens is 374 g/mol. The van der Waals surface area contributed by atoms with E-state index in [1.165, 1.54) is 13.2 Å². The number of halogens is 1. The molecule has 0 fully saturated rings. The molecule has 0 amide bonds. The van der Waals surface area contributed by atoms with Crippen LogP contribution in [-0.4, -0.2) is 26.3 Å². The summed E-state index contributed by atoms with van der Waals surface area (Å²) in [6.45, 7) is 0. The van der Waals surface area contributed by atoms with Gasteiger partial charge in [0, 0.05) is 31.4 Å². The molecule has 1 aromatic heterocycles. The van der Waals surface area contributed by atoms with Gasteiger partial charge in [0.25, 0.3) is 0 Å². The molecule has 0 aliphatic heterocycles. The van der Waals surface area contributed by atoms with Gasteiger partial charge in [-0.1, -0.05) is 0 Å². The van der Waals surface area contributed by atoms with Crippen LogP contribution in [0.2, 0.25) is 0 Å². The van der Waals surface area contributed by atoms with Crippen LogP contribution < -0.4 is 15.1 Å². The number of hydrogen-bond acceptors (Lipinski definition) is 5. The summed E-state index contributed by atoms with van der Waals surface area (Å²) in [7, 11) is 5.35. The van der Waals surface area contributed by atoms with Crippen LogP contribution in [0.1, 0.15) is 0 Å². The van der Waals surface area contributed by atoms with Gasteiger partial charge in [0.1, 0.15) is 5.76 Å². The van der Waals surface area contributed by atoms with Crippen molar-refractivity contribution in [3.8, 4) is 22.8 Å². The molecule has 0 spiro atoms. The van der Waals surface area contributed by atoms with Gasteiger partial charge in [0.2, 0.25) is 5.75 Å². The third-order valence-electron chi connectivity index (χ3n) is 3.72. The van der Waals surface area contributed by atoms with E-state index in [2.05, 4.69) is 0 Å². The SMILES string of the molecule is Br.COc1ccc2c(=O)cc(-c3ccc(N(C)C)cc3)oc2c1O. The maximum absolute atomic E-state index is 12.3. The highest BCUT2D eigenvalue weighted by molar-refractivity contribution is 8.93. The van der Waals surface area contributed by atoms with E-state index >= 15 is 0 Å². The summed E-state index contributed by atoms with van der Waals surface area (Å²) in [5, 5.41) is 10.5. The molecule has 0 radical (unpaired) electrons. The number of aromatic hydroxyl groups is 1. The lowest BCUT2D eigenvalue weighted by Crippen LogP contribution is -2.08. The Morgan fingerprint density at radius 3 is 2.33 bits per heavy atom. The Bertz CT molecular complexity index is 917. The highest BCUT2D eigenvalue weighted by Crippen LogP contribution is 2.35. The minimum absolute atomic E-state index is 0. The maximum Gasteiger partial charge on any atom is 0.202 e. The summed E-state index contributed by atoms with van der Waals surface area (Å²) in [6.07, 6.45) is 0. The van der Waals surface area contributed by atoms with Gasteiger partial charge in [-0.15, -0.1) is 17.0 Å². The molecule has 126 valence electrons. The molecular formula is C18H18BrNO4. The third-order valence-corrected chi connectivity index (χ3v) is 3.72. The number of nitrogens with zero attached hydrogens (tertiary/aromatic N) is 1. The first kappa shape index (κ1) is 17.9. The lowest BCUT2D eigenvalue weighted by atomic mass is 10.1. The van der Waals surface area contributed by atoms with E-state index < -0.39 is 0 Å². The third kappa shape index (κ3) is 3.10. The largest absolute Gasteiger partial charge is 0.502 e. The fourth-order valence-corrected chi connectivity index (χ4v) is 2.42. The number of phenolic OH excluding ortho intramolecular Hbond substituents is 1. The molecule has 1 heterocycles. The first-order valence-electron chi connectivity index (χ1n) is 7.13. The molecule has 0 saturated carbocycles. The van der Waals surface area contributed by atoms with Crippen LogP contribution in [0.5, 0.6) is 11.5 Å². The Morgan fingerprint density at radius 2 is 1.75 bits per heavy atom. The fraction of sp³-hybridized carbons (Fsp3) is 0.167. The van der Waals surface area contributed by atoms with Gasteiger partial charge in [-0.2, -0.15) is 0 Å². The zero-order valence-corrected chi connectivity index (χ0v) is 15.3. The van der Waals surface area contributed by atoms with E-state index in [-0.39, 0.29) is 39.5 Å². The number of rotatable bonds is 3. The normalized spacial score (nSPS) is 10.3. The van der Waals surface area contributed by atoms with Crippen molar-refractivity contribution in [2.75, 3.05) is 26.1 Å². The summed E-state index contributed by atoms with van der Waals surface area (Å²) < 4.78 is 10.8. The van der Waals surface area contributed by atoms with E-state index in [0.717, 1.165) is 11.3 Å². The van der Waals surface area contributed by atoms with Gasteiger partial charge >= 0.3 is 0 Å². The van der Waals surface area contributed by atoms with E-state index in [1.54, 1.807) is 12.1 Å². The second-order valence-corrected chi connectivity index (χ2v) is 5.41. The zero-order chi connectivity index (χ0) is 16.6. The molecule has 0 saturated heterocycles. The van der Waals surface area contributed by atoms with Crippen LogP contribution >= 0.6 is 17.0 Å². The number of ether oxygens (including phenoxy) is 1. The van der Waals surface area contributed by atoms with Crippen molar-refractivity contribution < 1.29 is 14.3 Å². The van der Waals surface area contributed by atoms with Crippen molar-refractivity contribution in [2.45, 2.75) is 0 Å². The second-order valence-electron chi connectivity index (χ2n) is 5.41. The average molecular weight is 392 g/mol. The highest BCUT2D eigenvalue weighted by atomic mass is 79.9. The molecule has 0 bridgehead atoms. The van der Waals surface area contributed by atoms with Crippen molar-refractivity contribution in [2.24, 2.45) is 0 Å². The quantitative estimate of drug-likeness (QED) is 0.735. The Hall–Kier alpha value is -2.47. The molecule has 3 aromatic rings. The second kappa shape index (κ2) is 6.97. The minimum Gasteiger partial charge on any atom is -0.502 e. The molecule has 24 heavy (non-hydrogen) atoms. The van der Waals surface area contributed by atoms with Crippen LogP contribution in [0.3, 0.4) is 0 Å². The van der Waals surface area contributed by atoms with Crippen molar-refractivity contribution >= 4 is 33.6 Å².